The minimum absolute atomic E-state index is 0.206. The predicted octanol–water partition coefficient (Wildman–Crippen LogP) is 0.824. The summed E-state index contributed by atoms with van der Waals surface area (Å²) in [5.74, 6) is -5.17. The summed E-state index contributed by atoms with van der Waals surface area (Å²) in [6, 6.07) is 6.50. The summed E-state index contributed by atoms with van der Waals surface area (Å²) in [6.07, 6.45) is -0.206. The second-order valence-electron chi connectivity index (χ2n) is 3.50. The van der Waals surface area contributed by atoms with Crippen LogP contribution in [0, 0.1) is 0 Å². The molecule has 0 aromatic heterocycles. The van der Waals surface area contributed by atoms with Crippen molar-refractivity contribution in [1.82, 2.24) is 4.72 Å². The minimum Gasteiger partial charge on any atom is -0.480 e. The van der Waals surface area contributed by atoms with Gasteiger partial charge < -0.3 is 5.11 Å². The highest BCUT2D eigenvalue weighted by atomic mass is 32.2. The Balaban J connectivity index is 2.83. The second kappa shape index (κ2) is 5.87. The highest BCUT2D eigenvalue weighted by Gasteiger charge is 2.30. The summed E-state index contributed by atoms with van der Waals surface area (Å²) >= 11 is 0. The molecule has 18 heavy (non-hydrogen) atoms. The molecule has 0 saturated heterocycles. The first kappa shape index (κ1) is 14.5. The Bertz CT molecular complexity index is 504. The number of benzene rings is 1. The van der Waals surface area contributed by atoms with Crippen LogP contribution in [0.1, 0.15) is 5.56 Å². The van der Waals surface area contributed by atoms with Gasteiger partial charge in [-0.15, -0.1) is 0 Å². The summed E-state index contributed by atoms with van der Waals surface area (Å²) in [5, 5.41) is 8.81. The van der Waals surface area contributed by atoms with Crippen molar-refractivity contribution in [2.45, 2.75) is 18.2 Å². The second-order valence-corrected chi connectivity index (χ2v) is 5.19. The molecular weight excluding hydrogens is 268 g/mol. The first-order chi connectivity index (χ1) is 8.33. The third-order valence-corrected chi connectivity index (χ3v) is 3.20. The number of hydrogen-bond donors (Lipinski definition) is 2. The number of alkyl halides is 2. The molecule has 0 aliphatic heterocycles. The Kier molecular flexibility index (Phi) is 4.74. The number of carboxylic acid groups (broad SMARTS) is 1. The molecular formula is C10H11F2NO4S. The van der Waals surface area contributed by atoms with E-state index in [1.54, 1.807) is 30.3 Å². The Morgan fingerprint density at radius 3 is 2.28 bits per heavy atom. The number of carbonyl (C=O) groups is 1. The van der Waals surface area contributed by atoms with Gasteiger partial charge in [-0.3, -0.25) is 4.79 Å². The van der Waals surface area contributed by atoms with Crippen LogP contribution in [0.4, 0.5) is 8.78 Å². The Morgan fingerprint density at radius 2 is 1.83 bits per heavy atom. The zero-order chi connectivity index (χ0) is 13.8. The average Bonchev–Trinajstić information content (AvgIpc) is 2.29. The number of rotatable bonds is 6. The summed E-state index contributed by atoms with van der Waals surface area (Å²) in [5.41, 5.74) is 0.530. The molecule has 1 aromatic carbocycles. The first-order valence-electron chi connectivity index (χ1n) is 4.89. The fourth-order valence-corrected chi connectivity index (χ4v) is 1.96. The third kappa shape index (κ3) is 4.04. The van der Waals surface area contributed by atoms with Gasteiger partial charge in [0.05, 0.1) is 0 Å². The van der Waals surface area contributed by atoms with Gasteiger partial charge in [-0.25, -0.2) is 8.42 Å². The normalized spacial score (nSPS) is 13.5. The highest BCUT2D eigenvalue weighted by molar-refractivity contribution is 7.89. The molecule has 0 aliphatic rings. The van der Waals surface area contributed by atoms with E-state index in [-0.39, 0.29) is 6.42 Å². The van der Waals surface area contributed by atoms with Gasteiger partial charge in [0.2, 0.25) is 0 Å². The van der Waals surface area contributed by atoms with E-state index in [4.69, 9.17) is 5.11 Å². The lowest BCUT2D eigenvalue weighted by molar-refractivity contribution is -0.138. The number of carboxylic acids is 1. The van der Waals surface area contributed by atoms with E-state index in [0.717, 1.165) is 0 Å². The minimum atomic E-state index is -4.93. The Labute approximate surface area is 102 Å². The van der Waals surface area contributed by atoms with Crippen LogP contribution >= 0.6 is 0 Å². The summed E-state index contributed by atoms with van der Waals surface area (Å²) in [4.78, 5) is 10.8. The molecule has 5 nitrogen and oxygen atoms in total. The molecule has 1 atom stereocenters. The molecule has 8 heteroatoms. The predicted molar refractivity (Wildman–Crippen MR) is 59.6 cm³/mol. The lowest BCUT2D eigenvalue weighted by atomic mass is 10.1. The first-order valence-corrected chi connectivity index (χ1v) is 6.43. The van der Waals surface area contributed by atoms with Crippen molar-refractivity contribution in [1.29, 1.82) is 0 Å². The summed E-state index contributed by atoms with van der Waals surface area (Å²) in [7, 11) is -4.93. The van der Waals surface area contributed by atoms with Crippen LogP contribution < -0.4 is 4.72 Å². The van der Waals surface area contributed by atoms with Gasteiger partial charge in [-0.2, -0.15) is 13.5 Å². The number of sulfonamides is 1. The molecule has 0 amide bonds. The van der Waals surface area contributed by atoms with Crippen LogP contribution in [-0.4, -0.2) is 31.3 Å². The van der Waals surface area contributed by atoms with Gasteiger partial charge in [-0.05, 0) is 12.0 Å². The van der Waals surface area contributed by atoms with Crippen LogP contribution in [0.5, 0.6) is 0 Å². The maximum Gasteiger partial charge on any atom is 0.350 e. The Morgan fingerprint density at radius 1 is 1.28 bits per heavy atom. The number of nitrogens with one attached hydrogen (secondary N) is 1. The Hall–Kier alpha value is -1.54. The molecule has 2 N–H and O–H groups in total. The maximum atomic E-state index is 12.1. The smallest absolute Gasteiger partial charge is 0.350 e. The van der Waals surface area contributed by atoms with Gasteiger partial charge in [0.1, 0.15) is 6.04 Å². The number of aliphatic carboxylic acids is 1. The van der Waals surface area contributed by atoms with Crippen LogP contribution in [0.25, 0.3) is 0 Å². The van der Waals surface area contributed by atoms with Crippen molar-refractivity contribution in [3.63, 3.8) is 0 Å². The van der Waals surface area contributed by atoms with Crippen molar-refractivity contribution in [3.05, 3.63) is 35.9 Å². The van der Waals surface area contributed by atoms with Crippen LogP contribution in [0.15, 0.2) is 30.3 Å². The molecule has 0 spiro atoms. The van der Waals surface area contributed by atoms with E-state index in [0.29, 0.717) is 5.56 Å². The van der Waals surface area contributed by atoms with Crippen molar-refractivity contribution in [3.8, 4) is 0 Å². The quantitative estimate of drug-likeness (QED) is 0.807. The zero-order valence-electron chi connectivity index (χ0n) is 9.08. The van der Waals surface area contributed by atoms with Gasteiger partial charge >= 0.3 is 11.7 Å². The molecule has 0 heterocycles. The lowest BCUT2D eigenvalue weighted by Crippen LogP contribution is -2.44. The van der Waals surface area contributed by atoms with E-state index in [1.807, 2.05) is 0 Å². The monoisotopic (exact) mass is 279 g/mol. The van der Waals surface area contributed by atoms with Crippen LogP contribution in [-0.2, 0) is 21.2 Å². The highest BCUT2D eigenvalue weighted by Crippen LogP contribution is 2.08. The molecule has 0 aliphatic carbocycles. The summed E-state index contributed by atoms with van der Waals surface area (Å²) in [6.45, 7) is 0. The molecule has 1 unspecified atom stereocenters. The van der Waals surface area contributed by atoms with E-state index in [1.165, 1.54) is 4.72 Å². The zero-order valence-corrected chi connectivity index (χ0v) is 9.90. The van der Waals surface area contributed by atoms with E-state index < -0.39 is 27.8 Å². The van der Waals surface area contributed by atoms with E-state index in [2.05, 4.69) is 0 Å². The van der Waals surface area contributed by atoms with Crippen molar-refractivity contribution in [2.75, 3.05) is 0 Å². The largest absolute Gasteiger partial charge is 0.480 e. The van der Waals surface area contributed by atoms with Crippen LogP contribution in [0.3, 0.4) is 0 Å². The van der Waals surface area contributed by atoms with E-state index >= 15 is 0 Å². The maximum absolute atomic E-state index is 12.1. The SMILES string of the molecule is O=C(O)C(Cc1ccccc1)NS(=O)(=O)C(F)F. The number of hydrogen-bond acceptors (Lipinski definition) is 3. The molecule has 0 bridgehead atoms. The van der Waals surface area contributed by atoms with E-state index in [9.17, 15) is 22.0 Å². The fourth-order valence-electron chi connectivity index (χ4n) is 1.28. The molecule has 100 valence electrons. The molecule has 1 rings (SSSR count). The molecule has 0 fully saturated rings. The number of halogens is 2. The van der Waals surface area contributed by atoms with Crippen molar-refractivity contribution in [2.24, 2.45) is 0 Å². The standard InChI is InChI=1S/C10H11F2NO4S/c11-10(12)18(16,17)13-8(9(14)15)6-7-4-2-1-3-5-7/h1-5,8,10,13H,6H2,(H,14,15). The van der Waals surface area contributed by atoms with Gasteiger partial charge in [0, 0.05) is 0 Å². The topological polar surface area (TPSA) is 83.5 Å². The average molecular weight is 279 g/mol. The molecule has 0 saturated carbocycles. The lowest BCUT2D eigenvalue weighted by Gasteiger charge is -2.14. The van der Waals surface area contributed by atoms with Gasteiger partial charge in [-0.1, -0.05) is 30.3 Å². The molecule has 1 aromatic rings. The van der Waals surface area contributed by atoms with Gasteiger partial charge in [0.25, 0.3) is 10.0 Å². The van der Waals surface area contributed by atoms with Crippen molar-refractivity contribution >= 4 is 16.0 Å². The molecule has 0 radical (unpaired) electrons. The van der Waals surface area contributed by atoms with Crippen molar-refractivity contribution < 1.29 is 27.1 Å². The summed E-state index contributed by atoms with van der Waals surface area (Å²) < 4.78 is 47.5. The van der Waals surface area contributed by atoms with Gasteiger partial charge in [0.15, 0.2) is 0 Å². The third-order valence-electron chi connectivity index (χ3n) is 2.12. The van der Waals surface area contributed by atoms with Crippen LogP contribution in [0.2, 0.25) is 0 Å². The fraction of sp³-hybridized carbons (Fsp3) is 0.300.